The van der Waals surface area contributed by atoms with Crippen molar-refractivity contribution in [3.05, 3.63) is 0 Å². The zero-order chi connectivity index (χ0) is 14.8. The van der Waals surface area contributed by atoms with Crippen LogP contribution in [0.2, 0.25) is 0 Å². The first-order chi connectivity index (χ1) is 8.67. The van der Waals surface area contributed by atoms with Crippen molar-refractivity contribution < 1.29 is 18.3 Å². The zero-order valence-electron chi connectivity index (χ0n) is 12.2. The summed E-state index contributed by atoms with van der Waals surface area (Å²) in [4.78, 5) is 11.2. The first-order valence-corrected chi connectivity index (χ1v) is 8.41. The lowest BCUT2D eigenvalue weighted by atomic mass is 10.1. The molecule has 0 radical (unpaired) electrons. The van der Waals surface area contributed by atoms with Gasteiger partial charge in [0.05, 0.1) is 11.2 Å². The van der Waals surface area contributed by atoms with Crippen LogP contribution in [-0.4, -0.2) is 41.6 Å². The number of carboxylic acids is 1. The van der Waals surface area contributed by atoms with Gasteiger partial charge in [0.25, 0.3) is 0 Å². The largest absolute Gasteiger partial charge is 0.481 e. The van der Waals surface area contributed by atoms with Crippen LogP contribution in [0.15, 0.2) is 0 Å². The van der Waals surface area contributed by atoms with E-state index in [0.29, 0.717) is 25.8 Å². The summed E-state index contributed by atoms with van der Waals surface area (Å²) in [6.45, 7) is 8.06. The van der Waals surface area contributed by atoms with E-state index in [1.165, 1.54) is 4.31 Å². The first kappa shape index (κ1) is 16.4. The third-order valence-electron chi connectivity index (χ3n) is 3.60. The van der Waals surface area contributed by atoms with Crippen LogP contribution in [0, 0.1) is 11.8 Å². The Kier molecular flexibility index (Phi) is 5.38. The molecular formula is C13H25NO4S. The second-order valence-corrected chi connectivity index (χ2v) is 8.12. The Balaban J connectivity index is 3.02. The summed E-state index contributed by atoms with van der Waals surface area (Å²) < 4.78 is 26.9. The van der Waals surface area contributed by atoms with Gasteiger partial charge in [0.15, 0.2) is 0 Å². The Hall–Kier alpha value is -0.620. The van der Waals surface area contributed by atoms with E-state index in [1.807, 2.05) is 27.7 Å². The molecule has 0 spiro atoms. The van der Waals surface area contributed by atoms with Crippen molar-refractivity contribution in [1.29, 1.82) is 0 Å². The van der Waals surface area contributed by atoms with Crippen molar-refractivity contribution in [1.82, 2.24) is 4.31 Å². The maximum atomic E-state index is 12.7. The maximum absolute atomic E-state index is 12.7. The minimum Gasteiger partial charge on any atom is -0.481 e. The molecule has 2 atom stereocenters. The van der Waals surface area contributed by atoms with Gasteiger partial charge < -0.3 is 5.11 Å². The lowest BCUT2D eigenvalue weighted by Gasteiger charge is -2.31. The lowest BCUT2D eigenvalue weighted by Crippen LogP contribution is -2.46. The average Bonchev–Trinajstić information content (AvgIpc) is 2.74. The molecule has 1 aliphatic carbocycles. The van der Waals surface area contributed by atoms with Gasteiger partial charge in [-0.3, -0.25) is 4.79 Å². The van der Waals surface area contributed by atoms with Crippen molar-refractivity contribution in [3.8, 4) is 0 Å². The molecule has 1 fully saturated rings. The van der Waals surface area contributed by atoms with Gasteiger partial charge in [0.2, 0.25) is 10.0 Å². The fraction of sp³-hybridized carbons (Fsp3) is 0.923. The number of aliphatic carboxylic acids is 1. The van der Waals surface area contributed by atoms with Crippen molar-refractivity contribution in [2.75, 3.05) is 6.54 Å². The van der Waals surface area contributed by atoms with E-state index in [4.69, 9.17) is 5.11 Å². The van der Waals surface area contributed by atoms with Gasteiger partial charge >= 0.3 is 5.97 Å². The van der Waals surface area contributed by atoms with Crippen LogP contribution in [0.25, 0.3) is 0 Å². The van der Waals surface area contributed by atoms with E-state index >= 15 is 0 Å². The minimum atomic E-state index is -3.54. The topological polar surface area (TPSA) is 74.7 Å². The number of hydrogen-bond acceptors (Lipinski definition) is 3. The summed E-state index contributed by atoms with van der Waals surface area (Å²) in [5, 5.41) is 8.41. The highest BCUT2D eigenvalue weighted by molar-refractivity contribution is 7.89. The zero-order valence-corrected chi connectivity index (χ0v) is 13.0. The predicted octanol–water partition coefficient (Wildman–Crippen LogP) is 1.94. The summed E-state index contributed by atoms with van der Waals surface area (Å²) in [5.74, 6) is -1.51. The van der Waals surface area contributed by atoms with Gasteiger partial charge in [-0.05, 0) is 32.6 Å². The van der Waals surface area contributed by atoms with Gasteiger partial charge in [-0.25, -0.2) is 8.42 Å². The number of hydrogen-bond donors (Lipinski definition) is 1. The Morgan fingerprint density at radius 3 is 2.26 bits per heavy atom. The molecule has 0 aromatic heterocycles. The van der Waals surface area contributed by atoms with Crippen molar-refractivity contribution >= 4 is 16.0 Å². The van der Waals surface area contributed by atoms with Gasteiger partial charge in [0, 0.05) is 12.6 Å². The highest BCUT2D eigenvalue weighted by atomic mass is 32.2. The van der Waals surface area contributed by atoms with Crippen LogP contribution in [0.4, 0.5) is 0 Å². The van der Waals surface area contributed by atoms with E-state index in [0.717, 1.165) is 0 Å². The average molecular weight is 291 g/mol. The van der Waals surface area contributed by atoms with Crippen LogP contribution in [0.1, 0.15) is 47.0 Å². The Morgan fingerprint density at radius 2 is 1.84 bits per heavy atom. The van der Waals surface area contributed by atoms with Gasteiger partial charge in [-0.15, -0.1) is 0 Å². The molecule has 0 bridgehead atoms. The van der Waals surface area contributed by atoms with E-state index in [9.17, 15) is 13.2 Å². The third kappa shape index (κ3) is 3.69. The summed E-state index contributed by atoms with van der Waals surface area (Å²) in [5.41, 5.74) is 0. The van der Waals surface area contributed by atoms with Crippen LogP contribution < -0.4 is 0 Å². The Bertz CT molecular complexity index is 416. The van der Waals surface area contributed by atoms with Crippen LogP contribution in [0.5, 0.6) is 0 Å². The van der Waals surface area contributed by atoms with Crippen LogP contribution >= 0.6 is 0 Å². The molecule has 6 heteroatoms. The Labute approximate surface area is 116 Å². The normalized spacial score (nSPS) is 24.6. The molecule has 19 heavy (non-hydrogen) atoms. The fourth-order valence-corrected chi connectivity index (χ4v) is 5.28. The molecule has 1 aliphatic rings. The number of rotatable bonds is 6. The molecule has 0 aromatic carbocycles. The maximum Gasteiger partial charge on any atom is 0.307 e. The van der Waals surface area contributed by atoms with Crippen molar-refractivity contribution in [2.45, 2.75) is 58.2 Å². The van der Waals surface area contributed by atoms with E-state index in [2.05, 4.69) is 0 Å². The number of sulfonamides is 1. The second kappa shape index (κ2) is 6.22. The molecule has 0 amide bonds. The van der Waals surface area contributed by atoms with Crippen molar-refractivity contribution in [2.24, 2.45) is 11.8 Å². The second-order valence-electron chi connectivity index (χ2n) is 6.02. The van der Waals surface area contributed by atoms with Crippen LogP contribution in [0.3, 0.4) is 0 Å². The number of nitrogens with zero attached hydrogens (tertiary/aromatic N) is 1. The van der Waals surface area contributed by atoms with Gasteiger partial charge in [-0.1, -0.05) is 20.3 Å². The SMILES string of the molecule is CC(C)CN(C(C)C)S(=O)(=O)C1CCCC1C(=O)O. The summed E-state index contributed by atoms with van der Waals surface area (Å²) in [7, 11) is -3.54. The number of carbonyl (C=O) groups is 1. The molecule has 0 aliphatic heterocycles. The smallest absolute Gasteiger partial charge is 0.307 e. The highest BCUT2D eigenvalue weighted by Gasteiger charge is 2.44. The quantitative estimate of drug-likeness (QED) is 0.811. The molecule has 1 N–H and O–H groups in total. The third-order valence-corrected chi connectivity index (χ3v) is 6.15. The van der Waals surface area contributed by atoms with E-state index < -0.39 is 27.2 Å². The molecule has 0 saturated heterocycles. The highest BCUT2D eigenvalue weighted by Crippen LogP contribution is 2.34. The molecule has 5 nitrogen and oxygen atoms in total. The van der Waals surface area contributed by atoms with Crippen LogP contribution in [-0.2, 0) is 14.8 Å². The van der Waals surface area contributed by atoms with E-state index in [-0.39, 0.29) is 12.0 Å². The monoisotopic (exact) mass is 291 g/mol. The summed E-state index contributed by atoms with van der Waals surface area (Å²) in [6.07, 6.45) is 1.60. The molecule has 0 heterocycles. The minimum absolute atomic E-state index is 0.137. The Morgan fingerprint density at radius 1 is 1.26 bits per heavy atom. The first-order valence-electron chi connectivity index (χ1n) is 6.91. The standard InChI is InChI=1S/C13H25NO4S/c1-9(2)8-14(10(3)4)19(17,18)12-7-5-6-11(12)13(15)16/h9-12H,5-8H2,1-4H3,(H,15,16). The van der Waals surface area contributed by atoms with Gasteiger partial charge in [0.1, 0.15) is 0 Å². The molecule has 112 valence electrons. The molecule has 1 saturated carbocycles. The fourth-order valence-electron chi connectivity index (χ4n) is 2.71. The molecule has 2 unspecified atom stereocenters. The molecular weight excluding hydrogens is 266 g/mol. The van der Waals surface area contributed by atoms with E-state index in [1.54, 1.807) is 0 Å². The predicted molar refractivity (Wildman–Crippen MR) is 74.4 cm³/mol. The summed E-state index contributed by atoms with van der Waals surface area (Å²) >= 11 is 0. The van der Waals surface area contributed by atoms with Crippen molar-refractivity contribution in [3.63, 3.8) is 0 Å². The lowest BCUT2D eigenvalue weighted by molar-refractivity contribution is -0.141. The number of carboxylic acid groups (broad SMARTS) is 1. The summed E-state index contributed by atoms with van der Waals surface area (Å²) in [6, 6.07) is -0.137. The van der Waals surface area contributed by atoms with Gasteiger partial charge in [-0.2, -0.15) is 4.31 Å². The molecule has 0 aromatic rings. The molecule has 1 rings (SSSR count).